The quantitative estimate of drug-likeness (QED) is 0.325. The van der Waals surface area contributed by atoms with Gasteiger partial charge in [0.05, 0.1) is 6.54 Å². The lowest BCUT2D eigenvalue weighted by Gasteiger charge is -2.22. The molecule has 5 heteroatoms. The van der Waals surface area contributed by atoms with Crippen LogP contribution in [0.1, 0.15) is 30.9 Å². The van der Waals surface area contributed by atoms with Gasteiger partial charge in [-0.25, -0.2) is 9.38 Å². The van der Waals surface area contributed by atoms with Crippen molar-refractivity contribution in [3.05, 3.63) is 47.8 Å². The minimum Gasteiger partial charge on any atom is -0.357 e. The SMILES string of the molecule is C=CCCCN(C)C(=NCc1ccc(F)c(CN(C)C)c1)NCC. The Balaban J connectivity index is 2.79. The minimum atomic E-state index is -0.162. The van der Waals surface area contributed by atoms with Gasteiger partial charge in [-0.2, -0.15) is 0 Å². The van der Waals surface area contributed by atoms with Crippen LogP contribution in [0.3, 0.4) is 0 Å². The molecule has 0 atom stereocenters. The molecule has 0 bridgehead atoms. The molecule has 1 aromatic carbocycles. The Morgan fingerprint density at radius 1 is 1.33 bits per heavy atom. The Labute approximate surface area is 146 Å². The minimum absolute atomic E-state index is 0.162. The van der Waals surface area contributed by atoms with Gasteiger partial charge in [0.1, 0.15) is 5.82 Å². The van der Waals surface area contributed by atoms with Gasteiger partial charge in [0.2, 0.25) is 0 Å². The van der Waals surface area contributed by atoms with Crippen LogP contribution in [-0.2, 0) is 13.1 Å². The first-order valence-corrected chi connectivity index (χ1v) is 8.50. The summed E-state index contributed by atoms with van der Waals surface area (Å²) in [5.41, 5.74) is 1.72. The molecule has 0 unspecified atom stereocenters. The van der Waals surface area contributed by atoms with E-state index >= 15 is 0 Å². The topological polar surface area (TPSA) is 30.9 Å². The third-order valence-corrected chi connectivity index (χ3v) is 3.61. The summed E-state index contributed by atoms with van der Waals surface area (Å²) in [6.07, 6.45) is 3.98. The third kappa shape index (κ3) is 7.13. The zero-order valence-electron chi connectivity index (χ0n) is 15.5. The predicted molar refractivity (Wildman–Crippen MR) is 101 cm³/mol. The average molecular weight is 334 g/mol. The molecule has 134 valence electrons. The molecule has 0 saturated carbocycles. The molecule has 1 rings (SSSR count). The number of allylic oxidation sites excluding steroid dienone is 1. The van der Waals surface area contributed by atoms with E-state index in [1.54, 1.807) is 6.07 Å². The van der Waals surface area contributed by atoms with Crippen molar-refractivity contribution in [3.8, 4) is 0 Å². The van der Waals surface area contributed by atoms with E-state index in [1.807, 2.05) is 38.2 Å². The molecule has 0 aliphatic rings. The number of benzene rings is 1. The van der Waals surface area contributed by atoms with Gasteiger partial charge in [0.15, 0.2) is 5.96 Å². The highest BCUT2D eigenvalue weighted by atomic mass is 19.1. The first-order valence-electron chi connectivity index (χ1n) is 8.50. The van der Waals surface area contributed by atoms with Gasteiger partial charge in [0, 0.05) is 32.2 Å². The summed E-state index contributed by atoms with van der Waals surface area (Å²) in [5, 5.41) is 3.31. The van der Waals surface area contributed by atoms with Gasteiger partial charge in [0.25, 0.3) is 0 Å². The summed E-state index contributed by atoms with van der Waals surface area (Å²) >= 11 is 0. The number of unbranched alkanes of at least 4 members (excludes halogenated alkanes) is 1. The maximum Gasteiger partial charge on any atom is 0.193 e. The first kappa shape index (κ1) is 20.2. The molecular weight excluding hydrogens is 303 g/mol. The second-order valence-corrected chi connectivity index (χ2v) is 6.19. The van der Waals surface area contributed by atoms with Crippen molar-refractivity contribution in [2.45, 2.75) is 32.9 Å². The summed E-state index contributed by atoms with van der Waals surface area (Å²) in [6, 6.07) is 5.24. The molecule has 1 aromatic rings. The van der Waals surface area contributed by atoms with E-state index in [-0.39, 0.29) is 5.82 Å². The van der Waals surface area contributed by atoms with Crippen molar-refractivity contribution in [1.29, 1.82) is 0 Å². The second kappa shape index (κ2) is 10.8. The molecule has 0 saturated heterocycles. The molecule has 1 N–H and O–H groups in total. The van der Waals surface area contributed by atoms with E-state index in [2.05, 4.69) is 28.7 Å². The van der Waals surface area contributed by atoms with E-state index in [0.29, 0.717) is 18.7 Å². The van der Waals surface area contributed by atoms with Crippen LogP contribution in [0.4, 0.5) is 4.39 Å². The Bertz CT molecular complexity index is 540. The third-order valence-electron chi connectivity index (χ3n) is 3.61. The van der Waals surface area contributed by atoms with Crippen LogP contribution in [0.5, 0.6) is 0 Å². The van der Waals surface area contributed by atoms with Gasteiger partial charge in [-0.15, -0.1) is 6.58 Å². The maximum atomic E-state index is 13.9. The second-order valence-electron chi connectivity index (χ2n) is 6.19. The molecule has 0 aliphatic carbocycles. The highest BCUT2D eigenvalue weighted by molar-refractivity contribution is 5.79. The summed E-state index contributed by atoms with van der Waals surface area (Å²) in [7, 11) is 5.91. The van der Waals surface area contributed by atoms with Crippen molar-refractivity contribution in [3.63, 3.8) is 0 Å². The molecule has 0 spiro atoms. The van der Waals surface area contributed by atoms with Gasteiger partial charge in [-0.1, -0.05) is 12.1 Å². The van der Waals surface area contributed by atoms with Crippen molar-refractivity contribution in [2.75, 3.05) is 34.2 Å². The Morgan fingerprint density at radius 3 is 2.71 bits per heavy atom. The van der Waals surface area contributed by atoms with Crippen LogP contribution < -0.4 is 5.32 Å². The molecular formula is C19H31FN4. The van der Waals surface area contributed by atoms with Crippen molar-refractivity contribution in [2.24, 2.45) is 4.99 Å². The number of guanidine groups is 1. The van der Waals surface area contributed by atoms with Crippen LogP contribution in [0.2, 0.25) is 0 Å². The standard InChI is InChI=1S/C19H31FN4/c1-6-8-9-12-24(5)19(21-7-2)22-14-16-10-11-18(20)17(13-16)15-23(3)4/h6,10-11,13H,1,7-9,12,14-15H2,2-5H3,(H,21,22). The summed E-state index contributed by atoms with van der Waals surface area (Å²) in [6.45, 7) is 8.68. The van der Waals surface area contributed by atoms with Crippen molar-refractivity contribution < 1.29 is 4.39 Å². The zero-order chi connectivity index (χ0) is 17.9. The number of hydrogen-bond acceptors (Lipinski definition) is 2. The number of halogens is 1. The lowest BCUT2D eigenvalue weighted by Crippen LogP contribution is -2.39. The average Bonchev–Trinajstić information content (AvgIpc) is 2.53. The summed E-state index contributed by atoms with van der Waals surface area (Å²) in [5.74, 6) is 0.713. The smallest absolute Gasteiger partial charge is 0.193 e. The predicted octanol–water partition coefficient (Wildman–Crippen LogP) is 3.25. The van der Waals surface area contributed by atoms with E-state index in [4.69, 9.17) is 0 Å². The monoisotopic (exact) mass is 334 g/mol. The fourth-order valence-electron chi connectivity index (χ4n) is 2.40. The van der Waals surface area contributed by atoms with E-state index in [0.717, 1.165) is 37.5 Å². The lowest BCUT2D eigenvalue weighted by atomic mass is 10.1. The van der Waals surface area contributed by atoms with Crippen LogP contribution in [0.15, 0.2) is 35.8 Å². The van der Waals surface area contributed by atoms with Crippen LogP contribution >= 0.6 is 0 Å². The number of aliphatic imine (C=N–C) groups is 1. The Kier molecular flexibility index (Phi) is 9.08. The van der Waals surface area contributed by atoms with Crippen LogP contribution in [0.25, 0.3) is 0 Å². The first-order chi connectivity index (χ1) is 11.5. The summed E-state index contributed by atoms with van der Waals surface area (Å²) < 4.78 is 13.9. The molecule has 0 amide bonds. The number of nitrogens with zero attached hydrogens (tertiary/aromatic N) is 3. The van der Waals surface area contributed by atoms with Crippen molar-refractivity contribution in [1.82, 2.24) is 15.1 Å². The Morgan fingerprint density at radius 2 is 2.08 bits per heavy atom. The molecule has 24 heavy (non-hydrogen) atoms. The van der Waals surface area contributed by atoms with Gasteiger partial charge >= 0.3 is 0 Å². The lowest BCUT2D eigenvalue weighted by molar-refractivity contribution is 0.392. The normalized spacial score (nSPS) is 11.7. The van der Waals surface area contributed by atoms with Crippen LogP contribution in [0, 0.1) is 5.82 Å². The maximum absolute atomic E-state index is 13.9. The summed E-state index contributed by atoms with van der Waals surface area (Å²) in [4.78, 5) is 8.77. The van der Waals surface area contributed by atoms with E-state index < -0.39 is 0 Å². The number of rotatable bonds is 9. The van der Waals surface area contributed by atoms with Gasteiger partial charge < -0.3 is 15.1 Å². The zero-order valence-corrected chi connectivity index (χ0v) is 15.5. The van der Waals surface area contributed by atoms with E-state index in [1.165, 1.54) is 6.07 Å². The van der Waals surface area contributed by atoms with Gasteiger partial charge in [-0.3, -0.25) is 0 Å². The highest BCUT2D eigenvalue weighted by Gasteiger charge is 2.07. The molecule has 0 radical (unpaired) electrons. The number of hydrogen-bond donors (Lipinski definition) is 1. The van der Waals surface area contributed by atoms with Crippen LogP contribution in [-0.4, -0.2) is 50.0 Å². The fourth-order valence-corrected chi connectivity index (χ4v) is 2.40. The molecule has 0 fully saturated rings. The largest absolute Gasteiger partial charge is 0.357 e. The molecule has 0 aromatic heterocycles. The van der Waals surface area contributed by atoms with Gasteiger partial charge in [-0.05, 0) is 51.6 Å². The van der Waals surface area contributed by atoms with E-state index in [9.17, 15) is 4.39 Å². The molecule has 4 nitrogen and oxygen atoms in total. The fraction of sp³-hybridized carbons (Fsp3) is 0.526. The Hall–Kier alpha value is -1.88. The highest BCUT2D eigenvalue weighted by Crippen LogP contribution is 2.13. The van der Waals surface area contributed by atoms with Crippen molar-refractivity contribution >= 4 is 5.96 Å². The molecule has 0 aliphatic heterocycles. The molecule has 0 heterocycles. The number of nitrogens with one attached hydrogen (secondary N) is 1.